The molecule has 0 saturated heterocycles. The van der Waals surface area contributed by atoms with Crippen LogP contribution in [0.4, 0.5) is 11.8 Å². The number of anilines is 2. The predicted molar refractivity (Wildman–Crippen MR) is 86.4 cm³/mol. The molecule has 0 spiro atoms. The maximum absolute atomic E-state index is 9.99. The zero-order valence-electron chi connectivity index (χ0n) is 13.2. The number of aliphatic hydroxyl groups is 2. The van der Waals surface area contributed by atoms with Gasteiger partial charge in [-0.15, -0.1) is 0 Å². The molecule has 0 aromatic carbocycles. The Kier molecular flexibility index (Phi) is 4.27. The molecule has 0 bridgehead atoms. The third-order valence-electron chi connectivity index (χ3n) is 4.27. The molecule has 3 rings (SSSR count). The van der Waals surface area contributed by atoms with Crippen molar-refractivity contribution in [2.24, 2.45) is 0 Å². The molecule has 2 heterocycles. The van der Waals surface area contributed by atoms with E-state index in [1.165, 1.54) is 25.5 Å². The normalized spacial score (nSPS) is 16.7. The SMILES string of the molecule is CCC(O)(O)c1cnc2nc(N)nc(NC3CCCCC3)c2n1. The van der Waals surface area contributed by atoms with Crippen LogP contribution in [0.2, 0.25) is 0 Å². The first-order valence-electron chi connectivity index (χ1n) is 8.01. The highest BCUT2D eigenvalue weighted by molar-refractivity contribution is 5.83. The van der Waals surface area contributed by atoms with E-state index < -0.39 is 5.79 Å². The van der Waals surface area contributed by atoms with Gasteiger partial charge >= 0.3 is 0 Å². The lowest BCUT2D eigenvalue weighted by molar-refractivity contribution is -0.174. The Balaban J connectivity index is 2.02. The number of rotatable bonds is 4. The van der Waals surface area contributed by atoms with Gasteiger partial charge in [-0.1, -0.05) is 26.2 Å². The Morgan fingerprint density at radius 2 is 1.96 bits per heavy atom. The van der Waals surface area contributed by atoms with Crippen molar-refractivity contribution in [1.29, 1.82) is 0 Å². The Hall–Kier alpha value is -2.06. The quantitative estimate of drug-likeness (QED) is 0.620. The van der Waals surface area contributed by atoms with Crippen molar-refractivity contribution in [1.82, 2.24) is 19.9 Å². The average Bonchev–Trinajstić information content (AvgIpc) is 2.55. The van der Waals surface area contributed by atoms with Crippen molar-refractivity contribution in [2.45, 2.75) is 57.3 Å². The zero-order chi connectivity index (χ0) is 16.4. The minimum atomic E-state index is -2.02. The monoisotopic (exact) mass is 318 g/mol. The van der Waals surface area contributed by atoms with Gasteiger partial charge in [0.15, 0.2) is 17.0 Å². The topological polar surface area (TPSA) is 130 Å². The van der Waals surface area contributed by atoms with Crippen molar-refractivity contribution in [3.8, 4) is 0 Å². The first kappa shape index (κ1) is 15.8. The van der Waals surface area contributed by atoms with E-state index in [-0.39, 0.29) is 18.1 Å². The summed E-state index contributed by atoms with van der Waals surface area (Å²) in [7, 11) is 0. The molecule has 1 saturated carbocycles. The molecule has 2 aromatic rings. The van der Waals surface area contributed by atoms with E-state index in [1.807, 2.05) is 0 Å². The second-order valence-electron chi connectivity index (χ2n) is 6.01. The molecule has 8 nitrogen and oxygen atoms in total. The predicted octanol–water partition coefficient (Wildman–Crippen LogP) is 1.29. The van der Waals surface area contributed by atoms with Crippen LogP contribution in [0.3, 0.4) is 0 Å². The number of nitrogens with one attached hydrogen (secondary N) is 1. The molecule has 124 valence electrons. The van der Waals surface area contributed by atoms with Gasteiger partial charge in [-0.3, -0.25) is 0 Å². The van der Waals surface area contributed by atoms with E-state index in [4.69, 9.17) is 5.73 Å². The van der Waals surface area contributed by atoms with Gasteiger partial charge in [0.25, 0.3) is 0 Å². The molecule has 0 aliphatic heterocycles. The van der Waals surface area contributed by atoms with E-state index in [0.29, 0.717) is 23.0 Å². The van der Waals surface area contributed by atoms with Gasteiger partial charge in [-0.05, 0) is 12.8 Å². The number of nitrogen functional groups attached to an aromatic ring is 1. The fourth-order valence-electron chi connectivity index (χ4n) is 2.84. The van der Waals surface area contributed by atoms with Gasteiger partial charge < -0.3 is 21.3 Å². The molecule has 5 N–H and O–H groups in total. The van der Waals surface area contributed by atoms with Crippen LogP contribution in [0.5, 0.6) is 0 Å². The summed E-state index contributed by atoms with van der Waals surface area (Å²) in [5.74, 6) is -1.40. The van der Waals surface area contributed by atoms with Crippen molar-refractivity contribution < 1.29 is 10.2 Å². The van der Waals surface area contributed by atoms with Crippen LogP contribution < -0.4 is 11.1 Å². The molecule has 23 heavy (non-hydrogen) atoms. The van der Waals surface area contributed by atoms with Gasteiger partial charge in [-0.2, -0.15) is 9.97 Å². The van der Waals surface area contributed by atoms with Gasteiger partial charge in [0.05, 0.1) is 6.20 Å². The van der Waals surface area contributed by atoms with Gasteiger partial charge in [0.2, 0.25) is 11.7 Å². The summed E-state index contributed by atoms with van der Waals surface area (Å²) in [6.45, 7) is 1.66. The summed E-state index contributed by atoms with van der Waals surface area (Å²) in [6, 6.07) is 0.311. The van der Waals surface area contributed by atoms with E-state index in [9.17, 15) is 10.2 Å². The van der Waals surface area contributed by atoms with Crippen LogP contribution in [0.1, 0.15) is 51.1 Å². The zero-order valence-corrected chi connectivity index (χ0v) is 13.2. The van der Waals surface area contributed by atoms with Gasteiger partial charge in [0.1, 0.15) is 5.69 Å². The summed E-state index contributed by atoms with van der Waals surface area (Å²) in [6.07, 6.45) is 7.16. The summed E-state index contributed by atoms with van der Waals surface area (Å²) in [5.41, 5.74) is 6.57. The first-order chi connectivity index (χ1) is 11.0. The number of fused-ring (bicyclic) bond motifs is 1. The molecule has 1 aliphatic rings. The molecule has 0 radical (unpaired) electrons. The van der Waals surface area contributed by atoms with Crippen molar-refractivity contribution >= 4 is 22.9 Å². The van der Waals surface area contributed by atoms with Crippen LogP contribution in [-0.2, 0) is 5.79 Å². The highest BCUT2D eigenvalue weighted by Gasteiger charge is 2.27. The number of hydrogen-bond donors (Lipinski definition) is 4. The molecular formula is C15H22N6O2. The second kappa shape index (κ2) is 6.21. The van der Waals surface area contributed by atoms with Crippen LogP contribution in [0.25, 0.3) is 11.2 Å². The summed E-state index contributed by atoms with van der Waals surface area (Å²) >= 11 is 0. The lowest BCUT2D eigenvalue weighted by Crippen LogP contribution is -2.26. The average molecular weight is 318 g/mol. The number of aromatic nitrogens is 4. The summed E-state index contributed by atoms with van der Waals surface area (Å²) in [4.78, 5) is 16.8. The second-order valence-corrected chi connectivity index (χ2v) is 6.01. The first-order valence-corrected chi connectivity index (χ1v) is 8.01. The number of hydrogen-bond acceptors (Lipinski definition) is 8. The Morgan fingerprint density at radius 3 is 2.65 bits per heavy atom. The van der Waals surface area contributed by atoms with E-state index in [2.05, 4.69) is 25.3 Å². The van der Waals surface area contributed by atoms with Crippen LogP contribution >= 0.6 is 0 Å². The van der Waals surface area contributed by atoms with E-state index in [0.717, 1.165) is 12.8 Å². The van der Waals surface area contributed by atoms with Gasteiger partial charge in [-0.25, -0.2) is 9.97 Å². The Labute approximate surface area is 134 Å². The van der Waals surface area contributed by atoms with Crippen molar-refractivity contribution in [3.05, 3.63) is 11.9 Å². The molecule has 1 fully saturated rings. The third-order valence-corrected chi connectivity index (χ3v) is 4.27. The number of nitrogens with two attached hydrogens (primary N) is 1. The van der Waals surface area contributed by atoms with E-state index in [1.54, 1.807) is 6.92 Å². The molecular weight excluding hydrogens is 296 g/mol. The minimum Gasteiger partial charge on any atom is -0.368 e. The van der Waals surface area contributed by atoms with E-state index >= 15 is 0 Å². The molecule has 2 aromatic heterocycles. The Bertz CT molecular complexity index is 700. The Morgan fingerprint density at radius 1 is 1.22 bits per heavy atom. The fourth-order valence-corrected chi connectivity index (χ4v) is 2.84. The maximum atomic E-state index is 9.99. The lowest BCUT2D eigenvalue weighted by Gasteiger charge is -2.24. The molecule has 0 unspecified atom stereocenters. The van der Waals surface area contributed by atoms with Crippen LogP contribution in [-0.4, -0.2) is 36.2 Å². The maximum Gasteiger partial charge on any atom is 0.224 e. The molecule has 1 aliphatic carbocycles. The minimum absolute atomic E-state index is 0.0764. The largest absolute Gasteiger partial charge is 0.368 e. The summed E-state index contributed by atoms with van der Waals surface area (Å²) < 4.78 is 0. The van der Waals surface area contributed by atoms with Crippen LogP contribution in [0.15, 0.2) is 6.20 Å². The van der Waals surface area contributed by atoms with Crippen LogP contribution in [0, 0.1) is 0 Å². The highest BCUT2D eigenvalue weighted by Crippen LogP contribution is 2.26. The van der Waals surface area contributed by atoms with Gasteiger partial charge in [0, 0.05) is 12.5 Å². The number of nitrogens with zero attached hydrogens (tertiary/aromatic N) is 4. The molecule has 0 amide bonds. The molecule has 0 atom stereocenters. The summed E-state index contributed by atoms with van der Waals surface area (Å²) in [5, 5.41) is 23.3. The molecule has 8 heteroatoms. The lowest BCUT2D eigenvalue weighted by atomic mass is 9.95. The van der Waals surface area contributed by atoms with Crippen molar-refractivity contribution in [2.75, 3.05) is 11.1 Å². The standard InChI is InChI=1S/C15H22N6O2/c1-2-15(22,23)10-8-17-12-11(19-10)13(21-14(16)20-12)18-9-6-4-3-5-7-9/h8-9,22-23H,2-7H2,1H3,(H3,16,17,18,20,21). The highest BCUT2D eigenvalue weighted by atomic mass is 16.5. The fraction of sp³-hybridized carbons (Fsp3) is 0.600. The third kappa shape index (κ3) is 3.32. The smallest absolute Gasteiger partial charge is 0.224 e. The van der Waals surface area contributed by atoms with Crippen molar-refractivity contribution in [3.63, 3.8) is 0 Å².